The van der Waals surface area contributed by atoms with Gasteiger partial charge in [-0.3, -0.25) is 9.69 Å². The Morgan fingerprint density at radius 1 is 1.30 bits per heavy atom. The van der Waals surface area contributed by atoms with Crippen LogP contribution in [0.25, 0.3) is 0 Å². The first-order valence-corrected chi connectivity index (χ1v) is 8.09. The Balaban J connectivity index is 2.42. The summed E-state index contributed by atoms with van der Waals surface area (Å²) in [6.45, 7) is 6.07. The van der Waals surface area contributed by atoms with Crippen molar-refractivity contribution >= 4 is 40.9 Å². The summed E-state index contributed by atoms with van der Waals surface area (Å²) >= 11 is 13.7. The number of carboxylic acids is 1. The molecular formula is C14H17Cl2NO2S. The van der Waals surface area contributed by atoms with Crippen LogP contribution in [0.1, 0.15) is 31.7 Å². The Bertz CT molecular complexity index is 510. The first-order valence-electron chi connectivity index (χ1n) is 6.29. The molecule has 2 atom stereocenters. The van der Waals surface area contributed by atoms with Crippen LogP contribution < -0.4 is 0 Å². The molecule has 0 unspecified atom stereocenters. The van der Waals surface area contributed by atoms with E-state index in [9.17, 15) is 9.90 Å². The third-order valence-corrected chi connectivity index (χ3v) is 4.99. The molecule has 1 fully saturated rings. The van der Waals surface area contributed by atoms with Crippen molar-refractivity contribution < 1.29 is 9.90 Å². The van der Waals surface area contributed by atoms with Gasteiger partial charge in [-0.25, -0.2) is 0 Å². The van der Waals surface area contributed by atoms with E-state index < -0.39 is 12.0 Å². The minimum Gasteiger partial charge on any atom is -0.480 e. The van der Waals surface area contributed by atoms with Crippen molar-refractivity contribution in [3.8, 4) is 0 Å². The fourth-order valence-electron chi connectivity index (χ4n) is 2.49. The summed E-state index contributed by atoms with van der Waals surface area (Å²) in [5, 5.41) is 10.5. The number of nitrogens with zero attached hydrogens (tertiary/aromatic N) is 1. The second kappa shape index (κ2) is 5.76. The number of aliphatic carboxylic acids is 1. The minimum absolute atomic E-state index is 0.0488. The lowest BCUT2D eigenvalue weighted by Crippen LogP contribution is -2.49. The van der Waals surface area contributed by atoms with Gasteiger partial charge in [0.25, 0.3) is 0 Å². The molecule has 1 saturated heterocycles. The van der Waals surface area contributed by atoms with E-state index in [1.807, 2.05) is 37.8 Å². The maximum Gasteiger partial charge on any atom is 0.321 e. The monoisotopic (exact) mass is 333 g/mol. The molecule has 20 heavy (non-hydrogen) atoms. The summed E-state index contributed by atoms with van der Waals surface area (Å²) in [6, 6.07) is 4.90. The van der Waals surface area contributed by atoms with Crippen molar-refractivity contribution in [3.63, 3.8) is 0 Å². The van der Waals surface area contributed by atoms with Gasteiger partial charge in [-0.15, -0.1) is 11.8 Å². The van der Waals surface area contributed by atoms with E-state index in [-0.39, 0.29) is 10.9 Å². The molecule has 1 aromatic rings. The largest absolute Gasteiger partial charge is 0.480 e. The molecule has 1 N–H and O–H groups in total. The molecule has 2 rings (SSSR count). The Labute approximate surface area is 133 Å². The highest BCUT2D eigenvalue weighted by molar-refractivity contribution is 7.99. The van der Waals surface area contributed by atoms with Gasteiger partial charge in [0, 0.05) is 21.3 Å². The highest BCUT2D eigenvalue weighted by Crippen LogP contribution is 2.46. The number of thioether (sulfide) groups is 1. The molecule has 1 heterocycles. The smallest absolute Gasteiger partial charge is 0.321 e. The van der Waals surface area contributed by atoms with E-state index in [0.717, 1.165) is 5.56 Å². The Kier molecular flexibility index (Phi) is 4.59. The number of halogens is 2. The van der Waals surface area contributed by atoms with Crippen LogP contribution in [0.4, 0.5) is 0 Å². The second-order valence-electron chi connectivity index (χ2n) is 5.82. The van der Waals surface area contributed by atoms with E-state index in [1.165, 1.54) is 0 Å². The maximum absolute atomic E-state index is 11.5. The zero-order valence-electron chi connectivity index (χ0n) is 11.6. The van der Waals surface area contributed by atoms with Crippen LogP contribution in [0, 0.1) is 0 Å². The normalized spacial score (nSPS) is 24.1. The fourth-order valence-corrected chi connectivity index (χ4v) is 4.65. The van der Waals surface area contributed by atoms with Crippen molar-refractivity contribution in [1.29, 1.82) is 0 Å². The number of hydrogen-bond acceptors (Lipinski definition) is 3. The predicted octanol–water partition coefficient (Wildman–Crippen LogP) is 4.29. The quantitative estimate of drug-likeness (QED) is 0.876. The second-order valence-corrected chi connectivity index (χ2v) is 7.81. The molecule has 0 aromatic heterocycles. The van der Waals surface area contributed by atoms with E-state index in [4.69, 9.17) is 23.2 Å². The molecule has 0 bridgehead atoms. The van der Waals surface area contributed by atoms with Gasteiger partial charge in [0.05, 0.1) is 5.37 Å². The number of hydrogen-bond donors (Lipinski definition) is 1. The third-order valence-electron chi connectivity index (χ3n) is 3.23. The molecule has 110 valence electrons. The molecule has 1 aromatic carbocycles. The van der Waals surface area contributed by atoms with Crippen molar-refractivity contribution in [2.24, 2.45) is 0 Å². The summed E-state index contributed by atoms with van der Waals surface area (Å²) in [4.78, 5) is 13.5. The SMILES string of the molecule is CC(C)(C)N1[C@@H](c2cc(Cl)cc(Cl)c2)SC[C@H]1C(=O)O. The van der Waals surface area contributed by atoms with Gasteiger partial charge in [0.1, 0.15) is 6.04 Å². The van der Waals surface area contributed by atoms with Crippen LogP contribution >= 0.6 is 35.0 Å². The number of rotatable bonds is 2. The fraction of sp³-hybridized carbons (Fsp3) is 0.500. The summed E-state index contributed by atoms with van der Waals surface area (Å²) in [5.74, 6) is -0.232. The molecule has 0 spiro atoms. The molecular weight excluding hydrogens is 317 g/mol. The van der Waals surface area contributed by atoms with E-state index in [2.05, 4.69) is 0 Å². The molecule has 3 nitrogen and oxygen atoms in total. The Hall–Kier alpha value is -0.420. The highest BCUT2D eigenvalue weighted by atomic mass is 35.5. The van der Waals surface area contributed by atoms with E-state index >= 15 is 0 Å². The Morgan fingerprint density at radius 2 is 1.85 bits per heavy atom. The lowest BCUT2D eigenvalue weighted by Gasteiger charge is -2.39. The summed E-state index contributed by atoms with van der Waals surface area (Å²) in [7, 11) is 0. The van der Waals surface area contributed by atoms with Crippen molar-refractivity contribution in [2.75, 3.05) is 5.75 Å². The molecule has 6 heteroatoms. The average Bonchev–Trinajstić information content (AvgIpc) is 2.71. The number of benzene rings is 1. The van der Waals surface area contributed by atoms with Crippen LogP contribution in [0.15, 0.2) is 18.2 Å². The number of carboxylic acid groups (broad SMARTS) is 1. The van der Waals surface area contributed by atoms with Gasteiger partial charge in [-0.2, -0.15) is 0 Å². The zero-order valence-corrected chi connectivity index (χ0v) is 13.9. The summed E-state index contributed by atoms with van der Waals surface area (Å²) < 4.78 is 0. The standard InChI is InChI=1S/C14H17Cl2NO2S/c1-14(2,3)17-11(13(18)19)7-20-12(17)8-4-9(15)6-10(16)5-8/h4-6,11-12H,7H2,1-3H3,(H,18,19)/t11-,12+/m0/s1. The molecule has 0 saturated carbocycles. The summed E-state index contributed by atoms with van der Waals surface area (Å²) in [5.41, 5.74) is 0.692. The van der Waals surface area contributed by atoms with Crippen LogP contribution in [0.2, 0.25) is 10.0 Å². The lowest BCUT2D eigenvalue weighted by atomic mass is 10.0. The van der Waals surface area contributed by atoms with Gasteiger partial charge in [0.15, 0.2) is 0 Å². The predicted molar refractivity (Wildman–Crippen MR) is 84.7 cm³/mol. The van der Waals surface area contributed by atoms with Gasteiger partial charge in [0.2, 0.25) is 0 Å². The van der Waals surface area contributed by atoms with Gasteiger partial charge in [-0.05, 0) is 44.5 Å². The molecule has 1 aliphatic rings. The van der Waals surface area contributed by atoms with E-state index in [0.29, 0.717) is 15.8 Å². The first-order chi connectivity index (χ1) is 9.20. The highest BCUT2D eigenvalue weighted by Gasteiger charge is 2.44. The van der Waals surface area contributed by atoms with Crippen molar-refractivity contribution in [3.05, 3.63) is 33.8 Å². The third kappa shape index (κ3) is 3.25. The topological polar surface area (TPSA) is 40.5 Å². The van der Waals surface area contributed by atoms with E-state index in [1.54, 1.807) is 17.8 Å². The molecule has 0 radical (unpaired) electrons. The van der Waals surface area contributed by atoms with Crippen LogP contribution in [-0.4, -0.2) is 33.3 Å². The Morgan fingerprint density at radius 3 is 2.30 bits per heavy atom. The molecule has 0 aliphatic carbocycles. The van der Waals surface area contributed by atoms with Crippen LogP contribution in [0.5, 0.6) is 0 Å². The van der Waals surface area contributed by atoms with Gasteiger partial charge >= 0.3 is 5.97 Å². The minimum atomic E-state index is -0.789. The van der Waals surface area contributed by atoms with Crippen LogP contribution in [-0.2, 0) is 4.79 Å². The van der Waals surface area contributed by atoms with Crippen LogP contribution in [0.3, 0.4) is 0 Å². The first kappa shape index (κ1) is 16.0. The van der Waals surface area contributed by atoms with Gasteiger partial charge in [-0.1, -0.05) is 23.2 Å². The zero-order chi connectivity index (χ0) is 15.1. The van der Waals surface area contributed by atoms with Gasteiger partial charge < -0.3 is 5.11 Å². The van der Waals surface area contributed by atoms with Crippen molar-refractivity contribution in [1.82, 2.24) is 4.90 Å². The maximum atomic E-state index is 11.5. The number of carbonyl (C=O) groups is 1. The molecule has 1 aliphatic heterocycles. The van der Waals surface area contributed by atoms with Crippen molar-refractivity contribution in [2.45, 2.75) is 37.7 Å². The average molecular weight is 334 g/mol. The summed E-state index contributed by atoms with van der Waals surface area (Å²) in [6.07, 6.45) is 0. The molecule has 0 amide bonds. The lowest BCUT2D eigenvalue weighted by molar-refractivity contribution is -0.144.